The lowest BCUT2D eigenvalue weighted by Crippen LogP contribution is -2.17. The van der Waals surface area contributed by atoms with Crippen molar-refractivity contribution in [3.63, 3.8) is 0 Å². The van der Waals surface area contributed by atoms with E-state index in [2.05, 4.69) is 35.4 Å². The van der Waals surface area contributed by atoms with Crippen molar-refractivity contribution in [2.45, 2.75) is 58.3 Å². The minimum absolute atomic E-state index is 0.0568. The van der Waals surface area contributed by atoms with Crippen LogP contribution in [-0.2, 0) is 5.41 Å². The molecule has 0 amide bonds. The number of rotatable bonds is 3. The molecule has 1 aliphatic carbocycles. The van der Waals surface area contributed by atoms with Gasteiger partial charge in [-0.25, -0.2) is 4.98 Å². The Bertz CT molecular complexity index is 348. The Labute approximate surface area is 108 Å². The molecule has 1 aromatic heterocycles. The zero-order chi connectivity index (χ0) is 12.3. The lowest BCUT2D eigenvalue weighted by atomic mass is 9.89. The molecule has 1 heterocycles. The number of hydrogen-bond acceptors (Lipinski definition) is 4. The van der Waals surface area contributed by atoms with Crippen molar-refractivity contribution >= 4 is 16.7 Å². The first-order valence-electron chi connectivity index (χ1n) is 6.64. The summed E-state index contributed by atoms with van der Waals surface area (Å²) in [6.07, 6.45) is 6.96. The predicted molar refractivity (Wildman–Crippen MR) is 73.7 cm³/mol. The SMILES string of the molecule is CC(C)(C)c1nsc(NCC2CCCCC2)n1. The van der Waals surface area contributed by atoms with Gasteiger partial charge in [-0.1, -0.05) is 40.0 Å². The van der Waals surface area contributed by atoms with Crippen molar-refractivity contribution in [2.24, 2.45) is 5.92 Å². The van der Waals surface area contributed by atoms with Crippen LogP contribution in [0.25, 0.3) is 0 Å². The molecule has 0 spiro atoms. The van der Waals surface area contributed by atoms with E-state index in [4.69, 9.17) is 0 Å². The molecule has 1 saturated carbocycles. The highest BCUT2D eigenvalue weighted by Crippen LogP contribution is 2.26. The van der Waals surface area contributed by atoms with Crippen molar-refractivity contribution < 1.29 is 0 Å². The van der Waals surface area contributed by atoms with Crippen LogP contribution < -0.4 is 5.32 Å². The van der Waals surface area contributed by atoms with Crippen LogP contribution in [0, 0.1) is 5.92 Å². The second-order valence-corrected chi connectivity index (χ2v) is 6.81. The van der Waals surface area contributed by atoms with Crippen LogP contribution in [0.1, 0.15) is 58.7 Å². The van der Waals surface area contributed by atoms with E-state index in [9.17, 15) is 0 Å². The second-order valence-electron chi connectivity index (χ2n) is 6.06. The van der Waals surface area contributed by atoms with Crippen LogP contribution in [-0.4, -0.2) is 15.9 Å². The minimum atomic E-state index is 0.0568. The summed E-state index contributed by atoms with van der Waals surface area (Å²) >= 11 is 1.49. The van der Waals surface area contributed by atoms with Gasteiger partial charge in [0.15, 0.2) is 0 Å². The number of aromatic nitrogens is 2. The van der Waals surface area contributed by atoms with Gasteiger partial charge in [-0.3, -0.25) is 0 Å². The maximum atomic E-state index is 4.56. The van der Waals surface area contributed by atoms with E-state index in [0.29, 0.717) is 0 Å². The van der Waals surface area contributed by atoms with Crippen LogP contribution in [0.15, 0.2) is 0 Å². The molecule has 0 saturated heterocycles. The first kappa shape index (κ1) is 12.8. The molecular weight excluding hydrogens is 230 g/mol. The Balaban J connectivity index is 1.84. The van der Waals surface area contributed by atoms with Crippen molar-refractivity contribution in [3.8, 4) is 0 Å². The molecule has 0 aliphatic heterocycles. The van der Waals surface area contributed by atoms with Gasteiger partial charge in [-0.05, 0) is 18.8 Å². The number of nitrogens with zero attached hydrogens (tertiary/aromatic N) is 2. The van der Waals surface area contributed by atoms with Gasteiger partial charge in [0.1, 0.15) is 5.82 Å². The standard InChI is InChI=1S/C13H23N3S/c1-13(2,3)11-15-12(17-16-11)14-9-10-7-5-4-6-8-10/h10H,4-9H2,1-3H3,(H,14,15,16). The van der Waals surface area contributed by atoms with Crippen LogP contribution >= 0.6 is 11.5 Å². The average Bonchev–Trinajstić information content (AvgIpc) is 2.76. The molecule has 1 fully saturated rings. The summed E-state index contributed by atoms with van der Waals surface area (Å²) in [4.78, 5) is 4.56. The van der Waals surface area contributed by atoms with Gasteiger partial charge in [-0.15, -0.1) is 0 Å². The summed E-state index contributed by atoms with van der Waals surface area (Å²) in [5, 5.41) is 4.44. The third-order valence-electron chi connectivity index (χ3n) is 3.36. The second kappa shape index (κ2) is 5.34. The van der Waals surface area contributed by atoms with Gasteiger partial charge >= 0.3 is 0 Å². The van der Waals surface area contributed by atoms with Gasteiger partial charge in [0, 0.05) is 23.5 Å². The molecule has 0 atom stereocenters. The summed E-state index contributed by atoms with van der Waals surface area (Å²) < 4.78 is 4.42. The predicted octanol–water partition coefficient (Wildman–Crippen LogP) is 3.83. The molecule has 0 unspecified atom stereocenters. The van der Waals surface area contributed by atoms with E-state index < -0.39 is 0 Å². The summed E-state index contributed by atoms with van der Waals surface area (Å²) in [6, 6.07) is 0. The molecule has 17 heavy (non-hydrogen) atoms. The fourth-order valence-electron chi connectivity index (χ4n) is 2.22. The quantitative estimate of drug-likeness (QED) is 0.889. The van der Waals surface area contributed by atoms with Crippen molar-refractivity contribution in [3.05, 3.63) is 5.82 Å². The monoisotopic (exact) mass is 253 g/mol. The molecule has 3 nitrogen and oxygen atoms in total. The molecule has 4 heteroatoms. The minimum Gasteiger partial charge on any atom is -0.360 e. The van der Waals surface area contributed by atoms with Crippen LogP contribution in [0.3, 0.4) is 0 Å². The van der Waals surface area contributed by atoms with Gasteiger partial charge in [0.2, 0.25) is 5.13 Å². The molecule has 0 bridgehead atoms. The fourth-order valence-corrected chi connectivity index (χ4v) is 2.99. The number of nitrogens with one attached hydrogen (secondary N) is 1. The first-order chi connectivity index (χ1) is 8.05. The maximum Gasteiger partial charge on any atom is 0.202 e. The smallest absolute Gasteiger partial charge is 0.202 e. The van der Waals surface area contributed by atoms with Crippen molar-refractivity contribution in [1.29, 1.82) is 0 Å². The van der Waals surface area contributed by atoms with E-state index >= 15 is 0 Å². The molecule has 96 valence electrons. The molecule has 0 aromatic carbocycles. The zero-order valence-electron chi connectivity index (χ0n) is 11.1. The van der Waals surface area contributed by atoms with E-state index in [1.807, 2.05) is 0 Å². The Morgan fingerprint density at radius 2 is 1.94 bits per heavy atom. The van der Waals surface area contributed by atoms with Crippen LogP contribution in [0.2, 0.25) is 0 Å². The van der Waals surface area contributed by atoms with Crippen LogP contribution in [0.5, 0.6) is 0 Å². The Morgan fingerprint density at radius 1 is 1.24 bits per heavy atom. The fraction of sp³-hybridized carbons (Fsp3) is 0.846. The Morgan fingerprint density at radius 3 is 2.53 bits per heavy atom. The molecule has 2 rings (SSSR count). The third-order valence-corrected chi connectivity index (χ3v) is 4.04. The van der Waals surface area contributed by atoms with E-state index in [1.54, 1.807) is 0 Å². The zero-order valence-corrected chi connectivity index (χ0v) is 11.9. The lowest BCUT2D eigenvalue weighted by Gasteiger charge is -2.21. The average molecular weight is 253 g/mol. The highest BCUT2D eigenvalue weighted by molar-refractivity contribution is 7.09. The molecule has 1 aliphatic rings. The van der Waals surface area contributed by atoms with E-state index in [0.717, 1.165) is 23.4 Å². The Hall–Kier alpha value is -0.640. The van der Waals surface area contributed by atoms with E-state index in [1.165, 1.54) is 43.6 Å². The molecule has 1 N–H and O–H groups in total. The highest BCUT2D eigenvalue weighted by Gasteiger charge is 2.20. The van der Waals surface area contributed by atoms with Gasteiger partial charge in [0.25, 0.3) is 0 Å². The van der Waals surface area contributed by atoms with Gasteiger partial charge in [0.05, 0.1) is 0 Å². The molecular formula is C13H23N3S. The van der Waals surface area contributed by atoms with Crippen LogP contribution in [0.4, 0.5) is 5.13 Å². The summed E-state index contributed by atoms with van der Waals surface area (Å²) in [5.74, 6) is 1.79. The Kier molecular flexibility index (Phi) is 4.02. The first-order valence-corrected chi connectivity index (χ1v) is 7.41. The van der Waals surface area contributed by atoms with Crippen molar-refractivity contribution in [2.75, 3.05) is 11.9 Å². The summed E-state index contributed by atoms with van der Waals surface area (Å²) in [5.41, 5.74) is 0.0568. The van der Waals surface area contributed by atoms with E-state index in [-0.39, 0.29) is 5.41 Å². The highest BCUT2D eigenvalue weighted by atomic mass is 32.1. The summed E-state index contributed by atoms with van der Waals surface area (Å²) in [7, 11) is 0. The van der Waals surface area contributed by atoms with Gasteiger partial charge < -0.3 is 5.32 Å². The van der Waals surface area contributed by atoms with Crippen molar-refractivity contribution in [1.82, 2.24) is 9.36 Å². The third kappa shape index (κ3) is 3.66. The topological polar surface area (TPSA) is 37.8 Å². The largest absolute Gasteiger partial charge is 0.360 e. The molecule has 1 aromatic rings. The lowest BCUT2D eigenvalue weighted by molar-refractivity contribution is 0.373. The molecule has 0 radical (unpaired) electrons. The normalized spacial score (nSPS) is 18.3. The number of anilines is 1. The summed E-state index contributed by atoms with van der Waals surface area (Å²) in [6.45, 7) is 7.53. The maximum absolute atomic E-state index is 4.56. The number of hydrogen-bond donors (Lipinski definition) is 1. The van der Waals surface area contributed by atoms with Gasteiger partial charge in [-0.2, -0.15) is 4.37 Å².